The zero-order valence-corrected chi connectivity index (χ0v) is 15.5. The fourth-order valence-corrected chi connectivity index (χ4v) is 2.87. The van der Waals surface area contributed by atoms with Gasteiger partial charge >= 0.3 is 22.4 Å². The summed E-state index contributed by atoms with van der Waals surface area (Å²) >= 11 is 5.76. The van der Waals surface area contributed by atoms with Gasteiger partial charge in [-0.25, -0.2) is 0 Å². The minimum absolute atomic E-state index is 0.0251. The molecule has 2 aromatic carbocycles. The van der Waals surface area contributed by atoms with Gasteiger partial charge < -0.3 is 5.32 Å². The molecule has 0 bridgehead atoms. The number of benzene rings is 2. The van der Waals surface area contributed by atoms with Gasteiger partial charge in [-0.3, -0.25) is 24.8 Å². The van der Waals surface area contributed by atoms with Crippen LogP contribution in [0.2, 0.25) is 5.02 Å². The molecule has 3 aromatic rings. The van der Waals surface area contributed by atoms with E-state index in [-0.39, 0.29) is 22.4 Å². The highest BCUT2D eigenvalue weighted by Crippen LogP contribution is 2.14. The Kier molecular flexibility index (Phi) is 5.23. The Morgan fingerprint density at radius 2 is 1.54 bits per heavy atom. The molecule has 0 fully saturated rings. The third-order valence-electron chi connectivity index (χ3n) is 4.15. The second-order valence-electron chi connectivity index (χ2n) is 6.03. The first-order valence-electron chi connectivity index (χ1n) is 8.20. The third-order valence-corrected chi connectivity index (χ3v) is 4.40. The Labute approximate surface area is 164 Å². The van der Waals surface area contributed by atoms with Crippen molar-refractivity contribution in [2.45, 2.75) is 13.3 Å². The van der Waals surface area contributed by atoms with Crippen molar-refractivity contribution in [2.75, 3.05) is 5.32 Å². The molecular weight excluding hydrogens is 386 g/mol. The van der Waals surface area contributed by atoms with Crippen molar-refractivity contribution in [3.05, 3.63) is 64.9 Å². The normalized spacial score (nSPS) is 10.6. The van der Waals surface area contributed by atoms with E-state index in [0.717, 1.165) is 4.73 Å². The van der Waals surface area contributed by atoms with Gasteiger partial charge in [0.25, 0.3) is 5.91 Å². The van der Waals surface area contributed by atoms with Crippen LogP contribution in [0.15, 0.2) is 48.5 Å². The van der Waals surface area contributed by atoms with Crippen LogP contribution in [0.5, 0.6) is 0 Å². The molecule has 1 heterocycles. The summed E-state index contributed by atoms with van der Waals surface area (Å²) in [4.78, 5) is 36.8. The number of rotatable bonds is 5. The molecule has 0 atom stereocenters. The number of fused-ring (bicyclic) bond motifs is 1. The van der Waals surface area contributed by atoms with E-state index in [2.05, 4.69) is 5.32 Å². The van der Waals surface area contributed by atoms with Crippen LogP contribution in [0, 0.1) is 6.92 Å². The van der Waals surface area contributed by atoms with Gasteiger partial charge in [-0.15, -0.1) is 0 Å². The summed E-state index contributed by atoms with van der Waals surface area (Å²) in [5, 5.41) is 23.5. The lowest BCUT2D eigenvalue weighted by molar-refractivity contribution is -0.924. The van der Waals surface area contributed by atoms with Crippen LogP contribution in [-0.4, -0.2) is 27.9 Å². The number of aromatic nitrogens is 2. The number of nitrogens with zero attached hydrogens (tertiary/aromatic N) is 2. The number of carbonyl (C=O) groups excluding carboxylic acids is 3. The highest BCUT2D eigenvalue weighted by Gasteiger charge is 2.38. The van der Waals surface area contributed by atoms with E-state index < -0.39 is 23.9 Å². The van der Waals surface area contributed by atoms with Crippen molar-refractivity contribution in [3.63, 3.8) is 0 Å². The van der Waals surface area contributed by atoms with Gasteiger partial charge in [0.05, 0.1) is 6.42 Å². The summed E-state index contributed by atoms with van der Waals surface area (Å²) in [7, 11) is 0. The molecule has 3 rings (SSSR count). The van der Waals surface area contributed by atoms with E-state index in [1.807, 2.05) is 0 Å². The van der Waals surface area contributed by atoms with Crippen LogP contribution in [0.4, 0.5) is 5.69 Å². The summed E-state index contributed by atoms with van der Waals surface area (Å²) in [6, 6.07) is 12.4. The number of Topliss-reactive ketones (excluding diaryl/α,β-unsaturated/α-hetero) is 2. The Balaban J connectivity index is 1.83. The van der Waals surface area contributed by atoms with Gasteiger partial charge in [-0.05, 0) is 24.3 Å². The van der Waals surface area contributed by atoms with Gasteiger partial charge in [0.15, 0.2) is 0 Å². The summed E-state index contributed by atoms with van der Waals surface area (Å²) < 4.78 is 1.34. The molecule has 1 amide bonds. The molecule has 28 heavy (non-hydrogen) atoms. The minimum Gasteiger partial charge on any atom is -0.319 e. The second-order valence-corrected chi connectivity index (χ2v) is 6.47. The van der Waals surface area contributed by atoms with Crippen LogP contribution >= 0.6 is 11.6 Å². The fraction of sp³-hybridized carbons (Fsp3) is 0.105. The molecule has 0 spiro atoms. The maximum atomic E-state index is 12.6. The van der Waals surface area contributed by atoms with E-state index in [0.29, 0.717) is 15.4 Å². The number of para-hydroxylation sites is 2. The average molecular weight is 402 g/mol. The molecule has 0 unspecified atom stereocenters. The van der Waals surface area contributed by atoms with E-state index in [1.54, 1.807) is 30.3 Å². The lowest BCUT2D eigenvalue weighted by Crippen LogP contribution is -2.49. The molecule has 8 nitrogen and oxygen atoms in total. The summed E-state index contributed by atoms with van der Waals surface area (Å²) in [5.74, 6) is -2.78. The highest BCUT2D eigenvalue weighted by molar-refractivity contribution is 6.44. The number of hydrogen-bond acceptors (Lipinski definition) is 5. The largest absolute Gasteiger partial charge is 0.371 e. The topological polar surface area (TPSA) is 111 Å². The first-order chi connectivity index (χ1) is 13.3. The van der Waals surface area contributed by atoms with Crippen molar-refractivity contribution in [1.82, 2.24) is 0 Å². The maximum Gasteiger partial charge on any atom is 0.371 e. The number of halogens is 1. The predicted molar refractivity (Wildman–Crippen MR) is 97.5 cm³/mol. The summed E-state index contributed by atoms with van der Waals surface area (Å²) in [6.07, 6.45) is -0.779. The van der Waals surface area contributed by atoms with E-state index in [1.165, 1.54) is 25.1 Å². The molecule has 0 aliphatic carbocycles. The van der Waals surface area contributed by atoms with Crippen LogP contribution in [0.25, 0.3) is 11.0 Å². The quantitative estimate of drug-likeness (QED) is 0.198. The molecule has 142 valence electrons. The zero-order valence-electron chi connectivity index (χ0n) is 14.7. The first kappa shape index (κ1) is 19.2. The molecule has 0 aliphatic heterocycles. The standard InChI is InChI=1S/C19H15ClN3O5/c1-11-18(23(28)15-5-3-2-4-14(15)22(11)27)16(24)10-17(25)19(26)21-13-8-6-12(20)7-9-13/h2-9H,10H2,1H3,(H2-,21,24,25,26,27,28)/q+1/p+1. The van der Waals surface area contributed by atoms with Crippen molar-refractivity contribution >= 4 is 45.8 Å². The SMILES string of the molecule is Cc1c(C(=O)CC(=O)C(=O)Nc2ccc(Cl)cc2)[n+](O)c2ccccc2[n+]1O. The van der Waals surface area contributed by atoms with Gasteiger partial charge in [0.1, 0.15) is 0 Å². The number of anilines is 1. The zero-order chi connectivity index (χ0) is 20.4. The number of ketones is 2. The van der Waals surface area contributed by atoms with Crippen molar-refractivity contribution in [3.8, 4) is 0 Å². The van der Waals surface area contributed by atoms with Crippen molar-refractivity contribution in [2.24, 2.45) is 0 Å². The second kappa shape index (κ2) is 7.61. The van der Waals surface area contributed by atoms with Gasteiger partial charge in [0, 0.05) is 39.2 Å². The number of carbonyl (C=O) groups is 3. The molecule has 1 aromatic heterocycles. The number of nitrogens with one attached hydrogen (secondary N) is 1. The van der Waals surface area contributed by atoms with Crippen LogP contribution < -0.4 is 14.8 Å². The Bertz CT molecular complexity index is 1110. The van der Waals surface area contributed by atoms with E-state index in [9.17, 15) is 24.8 Å². The Morgan fingerprint density at radius 3 is 2.14 bits per heavy atom. The van der Waals surface area contributed by atoms with Gasteiger partial charge in [-0.2, -0.15) is 0 Å². The minimum atomic E-state index is -0.989. The van der Waals surface area contributed by atoms with Crippen molar-refractivity contribution in [1.29, 1.82) is 0 Å². The number of amides is 1. The molecule has 0 aliphatic rings. The van der Waals surface area contributed by atoms with E-state index in [4.69, 9.17) is 11.6 Å². The predicted octanol–water partition coefficient (Wildman–Crippen LogP) is 1.63. The maximum absolute atomic E-state index is 12.6. The highest BCUT2D eigenvalue weighted by atomic mass is 35.5. The Morgan fingerprint density at radius 1 is 0.964 bits per heavy atom. The molecular formula is C19H16ClN3O5+2. The summed E-state index contributed by atoms with van der Waals surface area (Å²) in [5.41, 5.74) is 0.510. The third kappa shape index (κ3) is 3.63. The summed E-state index contributed by atoms with van der Waals surface area (Å²) in [6.45, 7) is 1.41. The van der Waals surface area contributed by atoms with Crippen LogP contribution in [0.3, 0.4) is 0 Å². The first-order valence-corrected chi connectivity index (χ1v) is 8.58. The monoisotopic (exact) mass is 401 g/mol. The molecule has 0 saturated heterocycles. The van der Waals surface area contributed by atoms with Crippen LogP contribution in [-0.2, 0) is 9.59 Å². The smallest absolute Gasteiger partial charge is 0.319 e. The fourth-order valence-electron chi connectivity index (χ4n) is 2.74. The number of hydrogen-bond donors (Lipinski definition) is 3. The van der Waals surface area contributed by atoms with Gasteiger partial charge in [-0.1, -0.05) is 23.7 Å². The Hall–Kier alpha value is -3.52. The molecule has 9 heteroatoms. The van der Waals surface area contributed by atoms with Crippen molar-refractivity contribution < 1.29 is 34.3 Å². The van der Waals surface area contributed by atoms with Crippen LogP contribution in [0.1, 0.15) is 22.6 Å². The molecule has 0 radical (unpaired) electrons. The van der Waals surface area contributed by atoms with E-state index >= 15 is 0 Å². The lowest BCUT2D eigenvalue weighted by Gasteiger charge is -2.04. The average Bonchev–Trinajstić information content (AvgIpc) is 2.68. The lowest BCUT2D eigenvalue weighted by atomic mass is 10.1. The molecule has 3 N–H and O–H groups in total. The molecule has 0 saturated carbocycles. The van der Waals surface area contributed by atoms with Gasteiger partial charge in [0.2, 0.25) is 11.6 Å².